The number of carbonyl (C=O) groups is 2. The second-order valence-electron chi connectivity index (χ2n) is 6.46. The van der Waals surface area contributed by atoms with Gasteiger partial charge in [0, 0.05) is 35.1 Å². The van der Waals surface area contributed by atoms with Crippen LogP contribution < -0.4 is 10.1 Å². The highest BCUT2D eigenvalue weighted by Crippen LogP contribution is 2.35. The van der Waals surface area contributed by atoms with Crippen molar-refractivity contribution in [2.45, 2.75) is 12.7 Å². The summed E-state index contributed by atoms with van der Waals surface area (Å²) < 4.78 is 52.2. The Hall–Kier alpha value is -3.88. The van der Waals surface area contributed by atoms with E-state index in [2.05, 4.69) is 10.3 Å². The van der Waals surface area contributed by atoms with Gasteiger partial charge in [0.1, 0.15) is 5.75 Å². The highest BCUT2D eigenvalue weighted by atomic mass is 35.5. The molecule has 1 aromatic heterocycles. The number of aliphatic carboxylic acids is 1. The lowest BCUT2D eigenvalue weighted by atomic mass is 10.1. The van der Waals surface area contributed by atoms with Crippen molar-refractivity contribution < 1.29 is 37.0 Å². The lowest BCUT2D eigenvalue weighted by Crippen LogP contribution is -2.23. The summed E-state index contributed by atoms with van der Waals surface area (Å²) in [5, 5.41) is 19.1. The smallest absolute Gasteiger partial charge is 0.475 e. The molecule has 1 amide bonds. The highest BCUT2D eigenvalue weighted by Gasteiger charge is 2.38. The van der Waals surface area contributed by atoms with Crippen LogP contribution >= 0.6 is 23.2 Å². The minimum Gasteiger partial charge on any atom is -0.475 e. The number of nitrogens with zero attached hydrogens (tertiary/aromatic N) is 2. The molecular formula is C22H13Cl2F4N3O4. The molecule has 0 bridgehead atoms. The molecule has 0 atom stereocenters. The van der Waals surface area contributed by atoms with Crippen molar-refractivity contribution in [1.29, 1.82) is 5.26 Å². The van der Waals surface area contributed by atoms with Crippen LogP contribution in [0.1, 0.15) is 21.5 Å². The molecule has 7 nitrogen and oxygen atoms in total. The van der Waals surface area contributed by atoms with Crippen LogP contribution in [-0.4, -0.2) is 28.1 Å². The number of ether oxygens (including phenoxy) is 1. The number of hydrogen-bond acceptors (Lipinski definition) is 5. The molecule has 0 radical (unpaired) electrons. The van der Waals surface area contributed by atoms with Gasteiger partial charge in [-0.05, 0) is 36.4 Å². The number of carbonyl (C=O) groups excluding carboxylic acids is 1. The first-order valence-corrected chi connectivity index (χ1v) is 10.0. The van der Waals surface area contributed by atoms with E-state index in [1.54, 1.807) is 12.1 Å². The van der Waals surface area contributed by atoms with Crippen molar-refractivity contribution in [2.75, 3.05) is 0 Å². The van der Waals surface area contributed by atoms with Crippen molar-refractivity contribution in [2.24, 2.45) is 0 Å². The zero-order chi connectivity index (χ0) is 26.2. The van der Waals surface area contributed by atoms with E-state index in [1.165, 1.54) is 42.7 Å². The van der Waals surface area contributed by atoms with Crippen molar-refractivity contribution in [1.82, 2.24) is 10.3 Å². The molecule has 0 unspecified atom stereocenters. The molecule has 0 fully saturated rings. The van der Waals surface area contributed by atoms with Gasteiger partial charge in [-0.15, -0.1) is 0 Å². The van der Waals surface area contributed by atoms with Crippen LogP contribution in [0.25, 0.3) is 0 Å². The third-order valence-electron chi connectivity index (χ3n) is 3.97. The Labute approximate surface area is 205 Å². The largest absolute Gasteiger partial charge is 0.490 e. The van der Waals surface area contributed by atoms with Crippen LogP contribution in [0.3, 0.4) is 0 Å². The number of benzene rings is 2. The van der Waals surface area contributed by atoms with E-state index in [-0.39, 0.29) is 45.1 Å². The topological polar surface area (TPSA) is 112 Å². The van der Waals surface area contributed by atoms with Gasteiger partial charge in [-0.3, -0.25) is 9.78 Å². The van der Waals surface area contributed by atoms with Gasteiger partial charge in [0.15, 0.2) is 11.6 Å². The number of nitrogens with one attached hydrogen (secondary N) is 1. The zero-order valence-electron chi connectivity index (χ0n) is 17.2. The maximum absolute atomic E-state index is 14.9. The Bertz CT molecular complexity index is 1270. The van der Waals surface area contributed by atoms with Crippen LogP contribution in [0.2, 0.25) is 10.0 Å². The number of alkyl halides is 3. The molecule has 0 spiro atoms. The minimum atomic E-state index is -5.08. The summed E-state index contributed by atoms with van der Waals surface area (Å²) in [6, 6.07) is 12.3. The lowest BCUT2D eigenvalue weighted by molar-refractivity contribution is -0.192. The number of rotatable bonds is 5. The first-order valence-electron chi connectivity index (χ1n) is 9.26. The van der Waals surface area contributed by atoms with Crippen molar-refractivity contribution in [3.63, 3.8) is 0 Å². The molecule has 2 N–H and O–H groups in total. The predicted octanol–water partition coefficient (Wildman–Crippen LogP) is 5.75. The number of carboxylic acid groups (broad SMARTS) is 1. The second-order valence-corrected chi connectivity index (χ2v) is 7.30. The number of pyridine rings is 1. The third-order valence-corrected chi connectivity index (χ3v) is 4.49. The lowest BCUT2D eigenvalue weighted by Gasteiger charge is -2.13. The zero-order valence-corrected chi connectivity index (χ0v) is 18.7. The number of aromatic nitrogens is 1. The summed E-state index contributed by atoms with van der Waals surface area (Å²) in [6.07, 6.45) is -2.10. The molecule has 0 aliphatic carbocycles. The van der Waals surface area contributed by atoms with Crippen LogP contribution in [0.15, 0.2) is 54.9 Å². The standard InChI is InChI=1S/C20H12Cl2FN3O2.C2HF3O2/c21-15-7-12(10-24)8-16(9-15)28-19-17(22)2-1-14(18(19)23)11-26-20(27)13-3-5-25-6-4-13;3-2(4,5)1(6)7/h1-9H,11H2,(H,26,27);(H,6,7). The number of amides is 1. The third kappa shape index (κ3) is 8.13. The maximum Gasteiger partial charge on any atom is 0.490 e. The summed E-state index contributed by atoms with van der Waals surface area (Å²) in [5.74, 6) is -3.90. The fourth-order valence-electron chi connectivity index (χ4n) is 2.39. The fraction of sp³-hybridized carbons (Fsp3) is 0.0909. The summed E-state index contributed by atoms with van der Waals surface area (Å²) in [6.45, 7) is -0.0699. The van der Waals surface area contributed by atoms with Crippen LogP contribution in [0.5, 0.6) is 11.5 Å². The van der Waals surface area contributed by atoms with Gasteiger partial charge in [-0.2, -0.15) is 18.4 Å². The van der Waals surface area contributed by atoms with E-state index in [4.69, 9.17) is 43.1 Å². The monoisotopic (exact) mass is 529 g/mol. The highest BCUT2D eigenvalue weighted by molar-refractivity contribution is 6.32. The molecule has 3 aromatic rings. The Morgan fingerprint density at radius 1 is 1.11 bits per heavy atom. The van der Waals surface area contributed by atoms with Gasteiger partial charge in [0.25, 0.3) is 5.91 Å². The fourth-order valence-corrected chi connectivity index (χ4v) is 2.80. The van der Waals surface area contributed by atoms with E-state index in [0.29, 0.717) is 5.56 Å². The average Bonchev–Trinajstić information content (AvgIpc) is 2.81. The minimum absolute atomic E-state index is 0.0418. The molecule has 3 rings (SSSR count). The van der Waals surface area contributed by atoms with Gasteiger partial charge >= 0.3 is 12.1 Å². The van der Waals surface area contributed by atoms with Crippen molar-refractivity contribution in [3.05, 3.63) is 87.4 Å². The van der Waals surface area contributed by atoms with Crippen molar-refractivity contribution in [3.8, 4) is 17.6 Å². The van der Waals surface area contributed by atoms with Gasteiger partial charge in [0.05, 0.1) is 16.7 Å². The van der Waals surface area contributed by atoms with E-state index < -0.39 is 18.0 Å². The van der Waals surface area contributed by atoms with E-state index in [9.17, 15) is 22.4 Å². The maximum atomic E-state index is 14.9. The average molecular weight is 530 g/mol. The molecule has 0 saturated heterocycles. The molecule has 35 heavy (non-hydrogen) atoms. The van der Waals surface area contributed by atoms with Gasteiger partial charge < -0.3 is 15.2 Å². The van der Waals surface area contributed by atoms with E-state index >= 15 is 0 Å². The Morgan fingerprint density at radius 3 is 2.31 bits per heavy atom. The molecule has 13 heteroatoms. The summed E-state index contributed by atoms with van der Waals surface area (Å²) >= 11 is 12.0. The van der Waals surface area contributed by atoms with Gasteiger partial charge in [0.2, 0.25) is 0 Å². The second kappa shape index (κ2) is 12.0. The molecule has 182 valence electrons. The van der Waals surface area contributed by atoms with E-state index in [0.717, 1.165) is 0 Å². The van der Waals surface area contributed by atoms with Crippen LogP contribution in [0.4, 0.5) is 17.6 Å². The number of halogens is 6. The molecule has 0 saturated carbocycles. The van der Waals surface area contributed by atoms with Gasteiger partial charge in [-0.1, -0.05) is 29.3 Å². The summed E-state index contributed by atoms with van der Waals surface area (Å²) in [7, 11) is 0. The predicted molar refractivity (Wildman–Crippen MR) is 117 cm³/mol. The molecule has 0 aliphatic heterocycles. The molecular weight excluding hydrogens is 517 g/mol. The number of carboxylic acids is 1. The van der Waals surface area contributed by atoms with Crippen molar-refractivity contribution >= 4 is 35.1 Å². The quantitative estimate of drug-likeness (QED) is 0.406. The molecule has 1 heterocycles. The number of hydrogen-bond donors (Lipinski definition) is 2. The first kappa shape index (κ1) is 27.4. The Balaban J connectivity index is 0.000000540. The Kier molecular flexibility index (Phi) is 9.39. The normalized spacial score (nSPS) is 10.4. The van der Waals surface area contributed by atoms with Gasteiger partial charge in [-0.25, -0.2) is 9.18 Å². The van der Waals surface area contributed by atoms with E-state index in [1.807, 2.05) is 6.07 Å². The molecule has 0 aliphatic rings. The SMILES string of the molecule is N#Cc1cc(Cl)cc(Oc2c(Cl)ccc(CNC(=O)c3ccncc3)c2F)c1.O=C(O)C(F)(F)F. The van der Waals surface area contributed by atoms with Crippen LogP contribution in [-0.2, 0) is 11.3 Å². The summed E-state index contributed by atoms with van der Waals surface area (Å²) in [5.41, 5.74) is 0.855. The Morgan fingerprint density at radius 2 is 1.74 bits per heavy atom. The number of nitriles is 1. The summed E-state index contributed by atoms with van der Waals surface area (Å²) in [4.78, 5) is 24.9. The van der Waals surface area contributed by atoms with Crippen LogP contribution in [0, 0.1) is 17.1 Å². The molecule has 2 aromatic carbocycles. The first-order chi connectivity index (χ1) is 16.4.